The van der Waals surface area contributed by atoms with Crippen molar-refractivity contribution in [3.05, 3.63) is 149 Å². The van der Waals surface area contributed by atoms with Crippen LogP contribution in [0, 0.1) is 12.7 Å². The molecule has 0 bridgehead atoms. The van der Waals surface area contributed by atoms with Gasteiger partial charge in [0.05, 0.1) is 0 Å². The quantitative estimate of drug-likeness (QED) is 0.262. The minimum atomic E-state index is -0.220. The maximum absolute atomic E-state index is 14.2. The van der Waals surface area contributed by atoms with Gasteiger partial charge in [-0.05, 0) is 60.7 Å². The molecule has 4 aromatic carbocycles. The molecular weight excluding hydrogens is 417 g/mol. The van der Waals surface area contributed by atoms with E-state index >= 15 is 0 Å². The number of hydrogen-bond donors (Lipinski definition) is 0. The molecule has 0 N–H and O–H groups in total. The first-order valence-electron chi connectivity index (χ1n) is 11.9. The number of rotatable bonds is 8. The summed E-state index contributed by atoms with van der Waals surface area (Å²) in [5.41, 5.74) is 6.78. The van der Waals surface area contributed by atoms with E-state index in [-0.39, 0.29) is 17.9 Å². The van der Waals surface area contributed by atoms with E-state index in [1.54, 1.807) is 12.1 Å². The van der Waals surface area contributed by atoms with Crippen LogP contribution in [-0.2, 0) is 6.54 Å². The third-order valence-electron chi connectivity index (χ3n) is 6.38. The molecule has 0 aliphatic rings. The highest BCUT2D eigenvalue weighted by atomic mass is 19.1. The van der Waals surface area contributed by atoms with Crippen molar-refractivity contribution < 1.29 is 4.39 Å². The molecule has 34 heavy (non-hydrogen) atoms. The van der Waals surface area contributed by atoms with Crippen LogP contribution in [-0.4, -0.2) is 10.9 Å². The van der Waals surface area contributed by atoms with Gasteiger partial charge in [-0.25, -0.2) is 4.39 Å². The van der Waals surface area contributed by atoms with Crippen molar-refractivity contribution >= 4 is 5.57 Å². The van der Waals surface area contributed by atoms with E-state index in [0.717, 1.165) is 23.2 Å². The second-order valence-corrected chi connectivity index (χ2v) is 8.95. The monoisotopic (exact) mass is 449 g/mol. The maximum Gasteiger partial charge on any atom is 0.123 e. The van der Waals surface area contributed by atoms with E-state index in [2.05, 4.69) is 117 Å². The van der Waals surface area contributed by atoms with E-state index < -0.39 is 0 Å². The lowest BCUT2D eigenvalue weighted by Gasteiger charge is -2.34. The van der Waals surface area contributed by atoms with Crippen molar-refractivity contribution in [3.63, 3.8) is 0 Å². The van der Waals surface area contributed by atoms with Crippen LogP contribution in [0.3, 0.4) is 0 Å². The van der Waals surface area contributed by atoms with Gasteiger partial charge < -0.3 is 0 Å². The Balaban J connectivity index is 1.77. The summed E-state index contributed by atoms with van der Waals surface area (Å²) in [6, 6.07) is 36.9. The van der Waals surface area contributed by atoms with E-state index in [0.29, 0.717) is 0 Å². The molecule has 2 atom stereocenters. The summed E-state index contributed by atoms with van der Waals surface area (Å²) >= 11 is 0. The molecule has 1 nitrogen and oxygen atoms in total. The van der Waals surface area contributed by atoms with Crippen LogP contribution in [0.15, 0.2) is 115 Å². The first-order valence-corrected chi connectivity index (χ1v) is 11.9. The zero-order chi connectivity index (χ0) is 23.9. The molecule has 4 rings (SSSR count). The predicted molar refractivity (Wildman–Crippen MR) is 141 cm³/mol. The molecule has 0 fully saturated rings. The van der Waals surface area contributed by atoms with E-state index in [1.807, 2.05) is 6.07 Å². The van der Waals surface area contributed by atoms with Crippen LogP contribution in [0.4, 0.5) is 4.39 Å². The Morgan fingerprint density at radius 2 is 1.38 bits per heavy atom. The summed E-state index contributed by atoms with van der Waals surface area (Å²) < 4.78 is 14.2. The Bertz CT molecular complexity index is 1180. The average molecular weight is 450 g/mol. The van der Waals surface area contributed by atoms with Gasteiger partial charge in [-0.1, -0.05) is 109 Å². The van der Waals surface area contributed by atoms with Gasteiger partial charge in [0.15, 0.2) is 0 Å². The van der Waals surface area contributed by atoms with Gasteiger partial charge >= 0.3 is 0 Å². The molecule has 0 amide bonds. The van der Waals surface area contributed by atoms with Gasteiger partial charge in [0.1, 0.15) is 5.82 Å². The summed E-state index contributed by atoms with van der Waals surface area (Å²) in [7, 11) is 0. The van der Waals surface area contributed by atoms with Gasteiger partial charge in [0, 0.05) is 18.6 Å². The second kappa shape index (κ2) is 11.1. The van der Waals surface area contributed by atoms with E-state index in [9.17, 15) is 4.39 Å². The summed E-state index contributed by atoms with van der Waals surface area (Å²) in [5, 5.41) is 0. The van der Waals surface area contributed by atoms with Gasteiger partial charge in [0.25, 0.3) is 0 Å². The SMILES string of the molecule is Cc1cccc(/C(=C\[C@H](C)N(Cc2ccccc2)[C@@H](C)c2ccccc2)c2cccc(F)c2)c1. The predicted octanol–water partition coefficient (Wildman–Crippen LogP) is 8.22. The molecule has 0 aliphatic heterocycles. The summed E-state index contributed by atoms with van der Waals surface area (Å²) in [4.78, 5) is 2.50. The zero-order valence-corrected chi connectivity index (χ0v) is 20.2. The fraction of sp³-hybridized carbons (Fsp3) is 0.188. The van der Waals surface area contributed by atoms with E-state index in [4.69, 9.17) is 0 Å². The van der Waals surface area contributed by atoms with Crippen LogP contribution in [0.5, 0.6) is 0 Å². The molecule has 0 saturated heterocycles. The normalized spacial score (nSPS) is 13.6. The standard InChI is InChI=1S/C32H32FN/c1-24-12-10-17-29(20-24)32(30-18-11-19-31(33)22-30)21-25(2)34(23-27-13-6-4-7-14-27)26(3)28-15-8-5-9-16-28/h4-22,25-26H,23H2,1-3H3/b32-21+/t25-,26-/m0/s1. The lowest BCUT2D eigenvalue weighted by Crippen LogP contribution is -2.34. The van der Waals surface area contributed by atoms with Gasteiger partial charge in [-0.3, -0.25) is 4.90 Å². The van der Waals surface area contributed by atoms with Crippen molar-refractivity contribution in [2.45, 2.75) is 39.4 Å². The third kappa shape index (κ3) is 5.89. The smallest absolute Gasteiger partial charge is 0.123 e. The first-order chi connectivity index (χ1) is 16.5. The Morgan fingerprint density at radius 1 is 0.765 bits per heavy atom. The average Bonchev–Trinajstić information content (AvgIpc) is 2.86. The van der Waals surface area contributed by atoms with Gasteiger partial charge in [-0.15, -0.1) is 0 Å². The largest absolute Gasteiger partial charge is 0.286 e. The van der Waals surface area contributed by atoms with Crippen molar-refractivity contribution in [2.75, 3.05) is 0 Å². The molecule has 0 spiro atoms. The lowest BCUT2D eigenvalue weighted by molar-refractivity contribution is 0.172. The molecule has 0 radical (unpaired) electrons. The Kier molecular flexibility index (Phi) is 7.72. The topological polar surface area (TPSA) is 3.24 Å². The minimum absolute atomic E-state index is 0.106. The van der Waals surface area contributed by atoms with Crippen molar-refractivity contribution in [3.8, 4) is 0 Å². The molecule has 0 heterocycles. The van der Waals surface area contributed by atoms with Crippen LogP contribution in [0.1, 0.15) is 47.7 Å². The molecule has 4 aromatic rings. The Hall–Kier alpha value is -3.49. The van der Waals surface area contributed by atoms with Crippen LogP contribution < -0.4 is 0 Å². The number of nitrogens with zero attached hydrogens (tertiary/aromatic N) is 1. The third-order valence-corrected chi connectivity index (χ3v) is 6.38. The molecule has 0 aliphatic carbocycles. The van der Waals surface area contributed by atoms with Crippen LogP contribution in [0.25, 0.3) is 5.57 Å². The van der Waals surface area contributed by atoms with Gasteiger partial charge in [0.2, 0.25) is 0 Å². The second-order valence-electron chi connectivity index (χ2n) is 8.95. The molecule has 2 heteroatoms. The number of hydrogen-bond acceptors (Lipinski definition) is 1. The fourth-order valence-electron chi connectivity index (χ4n) is 4.52. The maximum atomic E-state index is 14.2. The summed E-state index contributed by atoms with van der Waals surface area (Å²) in [6.45, 7) is 7.41. The first kappa shape index (κ1) is 23.7. The lowest BCUT2D eigenvalue weighted by atomic mass is 9.94. The Morgan fingerprint density at radius 3 is 2.03 bits per heavy atom. The molecular formula is C32H32FN. The number of halogens is 1. The summed E-state index contributed by atoms with van der Waals surface area (Å²) in [5.74, 6) is -0.220. The number of benzene rings is 4. The molecule has 172 valence electrons. The van der Waals surface area contributed by atoms with E-state index in [1.165, 1.54) is 22.8 Å². The molecule has 0 saturated carbocycles. The van der Waals surface area contributed by atoms with Gasteiger partial charge in [-0.2, -0.15) is 0 Å². The molecule has 0 unspecified atom stereocenters. The van der Waals surface area contributed by atoms with Crippen LogP contribution in [0.2, 0.25) is 0 Å². The minimum Gasteiger partial charge on any atom is -0.286 e. The fourth-order valence-corrected chi connectivity index (χ4v) is 4.52. The highest BCUT2D eigenvalue weighted by Gasteiger charge is 2.22. The van der Waals surface area contributed by atoms with Crippen molar-refractivity contribution in [1.82, 2.24) is 4.90 Å². The van der Waals surface area contributed by atoms with Crippen molar-refractivity contribution in [2.24, 2.45) is 0 Å². The number of aryl methyl sites for hydroxylation is 1. The summed E-state index contributed by atoms with van der Waals surface area (Å²) in [6.07, 6.45) is 2.28. The van der Waals surface area contributed by atoms with Crippen molar-refractivity contribution in [1.29, 1.82) is 0 Å². The van der Waals surface area contributed by atoms with Crippen LogP contribution >= 0.6 is 0 Å². The highest BCUT2D eigenvalue weighted by molar-refractivity contribution is 5.80. The molecule has 0 aromatic heterocycles. The Labute approximate surface area is 203 Å². The highest BCUT2D eigenvalue weighted by Crippen LogP contribution is 2.30. The zero-order valence-electron chi connectivity index (χ0n) is 20.2.